The molecule has 0 aromatic heterocycles. The van der Waals surface area contributed by atoms with Crippen molar-refractivity contribution in [1.82, 2.24) is 0 Å². The van der Waals surface area contributed by atoms with E-state index in [4.69, 9.17) is 5.11 Å². The molecular formula is C10H11F2NO3. The molecule has 88 valence electrons. The van der Waals surface area contributed by atoms with Gasteiger partial charge >= 0.3 is 0 Å². The molecule has 4 nitrogen and oxygen atoms in total. The molecule has 0 aliphatic carbocycles. The van der Waals surface area contributed by atoms with Crippen molar-refractivity contribution in [2.24, 2.45) is 0 Å². The summed E-state index contributed by atoms with van der Waals surface area (Å²) in [5, 5.41) is 19.0. The zero-order valence-electron chi connectivity index (χ0n) is 8.56. The predicted octanol–water partition coefficient (Wildman–Crippen LogP) is 2.52. The van der Waals surface area contributed by atoms with Gasteiger partial charge in [-0.15, -0.1) is 0 Å². The fourth-order valence-electron chi connectivity index (χ4n) is 1.44. The maximum atomic E-state index is 13.3. The van der Waals surface area contributed by atoms with Crippen LogP contribution in [0.5, 0.6) is 0 Å². The Kier molecular flexibility index (Phi) is 3.89. The summed E-state index contributed by atoms with van der Waals surface area (Å²) >= 11 is 0. The Morgan fingerprint density at radius 3 is 2.69 bits per heavy atom. The zero-order chi connectivity index (χ0) is 12.3. The number of nitro groups is 1. The maximum Gasteiger partial charge on any atom is 0.269 e. The van der Waals surface area contributed by atoms with Crippen LogP contribution in [0.3, 0.4) is 0 Å². The highest BCUT2D eigenvalue weighted by Crippen LogP contribution is 2.27. The van der Waals surface area contributed by atoms with Gasteiger partial charge in [0.2, 0.25) is 0 Å². The molecule has 0 aliphatic rings. The van der Waals surface area contributed by atoms with Crippen LogP contribution in [0.25, 0.3) is 0 Å². The van der Waals surface area contributed by atoms with E-state index in [2.05, 4.69) is 0 Å². The van der Waals surface area contributed by atoms with E-state index < -0.39 is 23.0 Å². The lowest BCUT2D eigenvalue weighted by Gasteiger charge is -2.12. The lowest BCUT2D eigenvalue weighted by Crippen LogP contribution is -2.06. The van der Waals surface area contributed by atoms with E-state index in [1.807, 2.05) is 0 Å². The summed E-state index contributed by atoms with van der Waals surface area (Å²) in [6.07, 6.45) is -2.35. The topological polar surface area (TPSA) is 63.4 Å². The average Bonchev–Trinajstić information content (AvgIpc) is 2.16. The number of nitro benzene ring substituents is 1. The third kappa shape index (κ3) is 2.96. The van der Waals surface area contributed by atoms with Crippen LogP contribution in [0, 0.1) is 15.9 Å². The van der Waals surface area contributed by atoms with Gasteiger partial charge in [0.05, 0.1) is 4.92 Å². The van der Waals surface area contributed by atoms with Crippen molar-refractivity contribution in [2.45, 2.75) is 25.6 Å². The molecule has 2 atom stereocenters. The van der Waals surface area contributed by atoms with Crippen LogP contribution in [0.1, 0.15) is 24.8 Å². The summed E-state index contributed by atoms with van der Waals surface area (Å²) in [6.45, 7) is 1.49. The van der Waals surface area contributed by atoms with Crippen LogP contribution in [0.4, 0.5) is 14.5 Å². The third-order valence-corrected chi connectivity index (χ3v) is 2.27. The van der Waals surface area contributed by atoms with E-state index in [-0.39, 0.29) is 17.7 Å². The van der Waals surface area contributed by atoms with Crippen molar-refractivity contribution >= 4 is 5.69 Å². The van der Waals surface area contributed by atoms with E-state index >= 15 is 0 Å². The normalized spacial score (nSPS) is 14.5. The monoisotopic (exact) mass is 231 g/mol. The first-order valence-electron chi connectivity index (χ1n) is 4.67. The predicted molar refractivity (Wildman–Crippen MR) is 53.2 cm³/mol. The quantitative estimate of drug-likeness (QED) is 0.639. The van der Waals surface area contributed by atoms with E-state index in [0.717, 1.165) is 18.2 Å². The molecule has 0 saturated carbocycles. The van der Waals surface area contributed by atoms with Gasteiger partial charge in [-0.3, -0.25) is 10.1 Å². The molecule has 1 aromatic carbocycles. The van der Waals surface area contributed by atoms with Crippen LogP contribution in [0.2, 0.25) is 0 Å². The second-order valence-electron chi connectivity index (χ2n) is 3.53. The van der Waals surface area contributed by atoms with Crippen LogP contribution in [-0.4, -0.2) is 16.4 Å². The summed E-state index contributed by atoms with van der Waals surface area (Å²) < 4.78 is 25.6. The van der Waals surface area contributed by atoms with Crippen LogP contribution in [-0.2, 0) is 0 Å². The minimum atomic E-state index is -2.06. The van der Waals surface area contributed by atoms with Gasteiger partial charge in [0.1, 0.15) is 5.82 Å². The van der Waals surface area contributed by atoms with Crippen molar-refractivity contribution in [2.75, 3.05) is 0 Å². The minimum absolute atomic E-state index is 0.0332. The SMILES string of the molecule is CC(CC(O)F)c1cc([N+](=O)[O-])ccc1F. The van der Waals surface area contributed by atoms with Gasteiger partial charge in [-0.25, -0.2) is 8.78 Å². The number of benzene rings is 1. The Morgan fingerprint density at radius 1 is 1.56 bits per heavy atom. The molecule has 0 bridgehead atoms. The molecule has 2 unspecified atom stereocenters. The van der Waals surface area contributed by atoms with E-state index in [1.165, 1.54) is 6.92 Å². The first-order valence-corrected chi connectivity index (χ1v) is 4.67. The lowest BCUT2D eigenvalue weighted by molar-refractivity contribution is -0.385. The molecule has 1 aromatic rings. The van der Waals surface area contributed by atoms with Crippen LogP contribution in [0.15, 0.2) is 18.2 Å². The number of halogens is 2. The van der Waals surface area contributed by atoms with Crippen LogP contribution < -0.4 is 0 Å². The summed E-state index contributed by atoms with van der Waals surface area (Å²) in [5.41, 5.74) is -0.220. The lowest BCUT2D eigenvalue weighted by atomic mass is 9.97. The summed E-state index contributed by atoms with van der Waals surface area (Å²) in [6, 6.07) is 3.06. The summed E-state index contributed by atoms with van der Waals surface area (Å²) in [7, 11) is 0. The average molecular weight is 231 g/mol. The number of aliphatic hydroxyl groups is 1. The van der Waals surface area contributed by atoms with Crippen molar-refractivity contribution in [3.8, 4) is 0 Å². The second kappa shape index (κ2) is 4.98. The number of rotatable bonds is 4. The molecular weight excluding hydrogens is 220 g/mol. The van der Waals surface area contributed by atoms with Gasteiger partial charge in [0.25, 0.3) is 5.69 Å². The molecule has 0 spiro atoms. The Morgan fingerprint density at radius 2 is 2.19 bits per heavy atom. The zero-order valence-corrected chi connectivity index (χ0v) is 8.56. The first-order chi connectivity index (χ1) is 7.41. The second-order valence-corrected chi connectivity index (χ2v) is 3.53. The van der Waals surface area contributed by atoms with Gasteiger partial charge in [-0.2, -0.15) is 0 Å². The van der Waals surface area contributed by atoms with Crippen molar-refractivity contribution in [1.29, 1.82) is 0 Å². The summed E-state index contributed by atoms with van der Waals surface area (Å²) in [5.74, 6) is -1.27. The fraction of sp³-hybridized carbons (Fsp3) is 0.400. The molecule has 0 heterocycles. The summed E-state index contributed by atoms with van der Waals surface area (Å²) in [4.78, 5) is 9.82. The van der Waals surface area contributed by atoms with Crippen molar-refractivity contribution < 1.29 is 18.8 Å². The maximum absolute atomic E-state index is 13.3. The Hall–Kier alpha value is -1.56. The van der Waals surface area contributed by atoms with Crippen LogP contribution >= 0.6 is 0 Å². The van der Waals surface area contributed by atoms with Crippen molar-refractivity contribution in [3.05, 3.63) is 39.7 Å². The van der Waals surface area contributed by atoms with Gasteiger partial charge in [-0.1, -0.05) is 6.92 Å². The van der Waals surface area contributed by atoms with E-state index in [9.17, 15) is 18.9 Å². The number of nitrogens with zero attached hydrogens (tertiary/aromatic N) is 1. The molecule has 1 rings (SSSR count). The largest absolute Gasteiger partial charge is 0.364 e. The smallest absolute Gasteiger partial charge is 0.269 e. The van der Waals surface area contributed by atoms with Gasteiger partial charge in [-0.05, 0) is 17.5 Å². The fourth-order valence-corrected chi connectivity index (χ4v) is 1.44. The number of non-ortho nitro benzene ring substituents is 1. The molecule has 1 N–H and O–H groups in total. The Bertz CT molecular complexity index is 396. The minimum Gasteiger partial charge on any atom is -0.364 e. The number of aliphatic hydroxyl groups excluding tert-OH is 1. The Balaban J connectivity index is 3.02. The highest BCUT2D eigenvalue weighted by atomic mass is 19.1. The van der Waals surface area contributed by atoms with Gasteiger partial charge in [0, 0.05) is 18.6 Å². The van der Waals surface area contributed by atoms with E-state index in [0.29, 0.717) is 0 Å². The molecule has 6 heteroatoms. The van der Waals surface area contributed by atoms with E-state index in [1.54, 1.807) is 0 Å². The molecule has 0 fully saturated rings. The molecule has 16 heavy (non-hydrogen) atoms. The molecule has 0 amide bonds. The number of hydrogen-bond acceptors (Lipinski definition) is 3. The Labute approximate surface area is 90.7 Å². The highest BCUT2D eigenvalue weighted by Gasteiger charge is 2.18. The molecule has 0 saturated heterocycles. The number of alkyl halides is 1. The highest BCUT2D eigenvalue weighted by molar-refractivity contribution is 5.36. The van der Waals surface area contributed by atoms with Crippen molar-refractivity contribution in [3.63, 3.8) is 0 Å². The molecule has 0 aliphatic heterocycles. The van der Waals surface area contributed by atoms with Gasteiger partial charge in [0.15, 0.2) is 6.36 Å². The standard InChI is InChI=1S/C10H11F2NO3/c1-6(4-10(12)14)8-5-7(13(15)16)2-3-9(8)11/h2-3,5-6,10,14H,4H2,1H3. The molecule has 0 radical (unpaired) electrons. The number of hydrogen-bond donors (Lipinski definition) is 1. The third-order valence-electron chi connectivity index (χ3n) is 2.27. The van der Waals surface area contributed by atoms with Gasteiger partial charge < -0.3 is 5.11 Å². The first kappa shape index (κ1) is 12.5.